The van der Waals surface area contributed by atoms with Gasteiger partial charge in [0.25, 0.3) is 0 Å². The molecule has 0 saturated heterocycles. The zero-order chi connectivity index (χ0) is 18.4. The molecule has 4 nitrogen and oxygen atoms in total. The number of ether oxygens (including phenoxy) is 1. The van der Waals surface area contributed by atoms with Crippen LogP contribution in [0.15, 0.2) is 67.0 Å². The second-order valence-corrected chi connectivity index (χ2v) is 6.56. The van der Waals surface area contributed by atoms with Crippen LogP contribution in [0.3, 0.4) is 0 Å². The van der Waals surface area contributed by atoms with Crippen molar-refractivity contribution in [2.24, 2.45) is 0 Å². The van der Waals surface area contributed by atoms with E-state index in [1.165, 1.54) is 16.7 Å². The summed E-state index contributed by atoms with van der Waals surface area (Å²) in [4.78, 5) is 6.33. The fraction of sp³-hybridized carbons (Fsp3) is 0.227. The lowest BCUT2D eigenvalue weighted by atomic mass is 9.98. The van der Waals surface area contributed by atoms with E-state index in [-0.39, 0.29) is 0 Å². The maximum Gasteiger partial charge on any atom is 0.119 e. The third-order valence-corrected chi connectivity index (χ3v) is 4.19. The first-order valence-electron chi connectivity index (χ1n) is 8.70. The molecule has 3 aromatic rings. The van der Waals surface area contributed by atoms with Crippen LogP contribution in [0, 0.1) is 0 Å². The van der Waals surface area contributed by atoms with Crippen LogP contribution in [-0.2, 0) is 13.1 Å². The molecular formula is C22H25N3O. The molecule has 2 aromatic carbocycles. The first-order chi connectivity index (χ1) is 12.7. The average Bonchev–Trinajstić information content (AvgIpc) is 2.67. The van der Waals surface area contributed by atoms with Crippen molar-refractivity contribution in [1.82, 2.24) is 9.88 Å². The molecule has 1 aromatic heterocycles. The minimum Gasteiger partial charge on any atom is -0.497 e. The molecule has 134 valence electrons. The Labute approximate surface area is 155 Å². The van der Waals surface area contributed by atoms with Crippen LogP contribution < -0.4 is 10.1 Å². The minimum atomic E-state index is 0.754. The molecule has 0 aliphatic heterocycles. The number of methoxy groups -OCH3 is 1. The van der Waals surface area contributed by atoms with Crippen LogP contribution in [0.5, 0.6) is 5.75 Å². The summed E-state index contributed by atoms with van der Waals surface area (Å²) in [5.74, 6) is 0.886. The Morgan fingerprint density at radius 1 is 1.04 bits per heavy atom. The normalized spacial score (nSPS) is 10.8. The summed E-state index contributed by atoms with van der Waals surface area (Å²) in [5, 5.41) is 3.48. The molecule has 0 radical (unpaired) electrons. The van der Waals surface area contributed by atoms with Gasteiger partial charge < -0.3 is 15.0 Å². The van der Waals surface area contributed by atoms with Crippen molar-refractivity contribution in [1.29, 1.82) is 0 Å². The van der Waals surface area contributed by atoms with Crippen LogP contribution >= 0.6 is 0 Å². The van der Waals surface area contributed by atoms with Gasteiger partial charge in [0.2, 0.25) is 0 Å². The van der Waals surface area contributed by atoms with E-state index in [0.29, 0.717) is 0 Å². The molecule has 0 spiro atoms. The molecule has 0 aliphatic carbocycles. The van der Waals surface area contributed by atoms with Crippen LogP contribution in [-0.4, -0.2) is 31.1 Å². The molecule has 0 amide bonds. The number of nitrogens with zero attached hydrogens (tertiary/aromatic N) is 2. The highest BCUT2D eigenvalue weighted by molar-refractivity contribution is 5.72. The molecule has 0 saturated carbocycles. The fourth-order valence-electron chi connectivity index (χ4n) is 2.95. The van der Waals surface area contributed by atoms with Gasteiger partial charge in [0.05, 0.1) is 7.11 Å². The molecule has 26 heavy (non-hydrogen) atoms. The largest absolute Gasteiger partial charge is 0.497 e. The Kier molecular flexibility index (Phi) is 5.87. The lowest BCUT2D eigenvalue weighted by Crippen LogP contribution is -2.11. The summed E-state index contributed by atoms with van der Waals surface area (Å²) in [6.07, 6.45) is 3.68. The van der Waals surface area contributed by atoms with Crippen molar-refractivity contribution in [2.45, 2.75) is 13.1 Å². The van der Waals surface area contributed by atoms with Gasteiger partial charge in [-0.3, -0.25) is 4.98 Å². The summed E-state index contributed by atoms with van der Waals surface area (Å²) in [6.45, 7) is 1.62. The number of benzene rings is 2. The van der Waals surface area contributed by atoms with Gasteiger partial charge in [-0.15, -0.1) is 0 Å². The van der Waals surface area contributed by atoms with E-state index < -0.39 is 0 Å². The lowest BCUT2D eigenvalue weighted by Gasteiger charge is -2.16. The smallest absolute Gasteiger partial charge is 0.119 e. The molecule has 3 rings (SSSR count). The maximum atomic E-state index is 5.40. The van der Waals surface area contributed by atoms with E-state index in [2.05, 4.69) is 71.8 Å². The molecule has 4 heteroatoms. The molecular weight excluding hydrogens is 322 g/mol. The van der Waals surface area contributed by atoms with E-state index in [4.69, 9.17) is 4.74 Å². The molecule has 0 unspecified atom stereocenters. The van der Waals surface area contributed by atoms with Gasteiger partial charge in [-0.2, -0.15) is 0 Å². The van der Waals surface area contributed by atoms with E-state index >= 15 is 0 Å². The van der Waals surface area contributed by atoms with Gasteiger partial charge in [0.15, 0.2) is 0 Å². The Bertz CT molecular complexity index is 847. The number of nitrogens with one attached hydrogen (secondary N) is 1. The third kappa shape index (κ3) is 4.61. The van der Waals surface area contributed by atoms with E-state index in [1.807, 2.05) is 18.3 Å². The van der Waals surface area contributed by atoms with E-state index in [9.17, 15) is 0 Å². The van der Waals surface area contributed by atoms with Crippen molar-refractivity contribution in [3.8, 4) is 16.9 Å². The van der Waals surface area contributed by atoms with Crippen LogP contribution in [0.4, 0.5) is 5.69 Å². The van der Waals surface area contributed by atoms with Gasteiger partial charge in [-0.1, -0.05) is 24.3 Å². The number of rotatable bonds is 7. The Morgan fingerprint density at radius 2 is 1.92 bits per heavy atom. The lowest BCUT2D eigenvalue weighted by molar-refractivity contribution is 0.396. The summed E-state index contributed by atoms with van der Waals surface area (Å²) >= 11 is 0. The maximum absolute atomic E-state index is 5.40. The van der Waals surface area contributed by atoms with Crippen LogP contribution in [0.2, 0.25) is 0 Å². The summed E-state index contributed by atoms with van der Waals surface area (Å²) in [5.41, 5.74) is 5.93. The summed E-state index contributed by atoms with van der Waals surface area (Å²) in [7, 11) is 5.86. The molecule has 1 heterocycles. The Morgan fingerprint density at radius 3 is 2.65 bits per heavy atom. The Hall–Kier alpha value is -2.85. The van der Waals surface area contributed by atoms with Gasteiger partial charge in [-0.05, 0) is 66.7 Å². The third-order valence-electron chi connectivity index (χ3n) is 4.19. The molecule has 0 bridgehead atoms. The van der Waals surface area contributed by atoms with Crippen molar-refractivity contribution in [3.05, 3.63) is 78.1 Å². The standard InChI is InChI=1S/C22H25N3O/c1-25(2)16-19-13-21(26-3)9-10-22(19)18-7-4-8-20(12-18)24-15-17-6-5-11-23-14-17/h4-14,24H,15-16H2,1-3H3. The number of anilines is 1. The quantitative estimate of drug-likeness (QED) is 0.686. The van der Waals surface area contributed by atoms with Crippen molar-refractivity contribution in [3.63, 3.8) is 0 Å². The molecule has 0 atom stereocenters. The van der Waals surface area contributed by atoms with Crippen molar-refractivity contribution >= 4 is 5.69 Å². The zero-order valence-electron chi connectivity index (χ0n) is 15.6. The number of pyridine rings is 1. The summed E-state index contributed by atoms with van der Waals surface area (Å²) in [6, 6.07) is 18.8. The minimum absolute atomic E-state index is 0.754. The number of hydrogen-bond donors (Lipinski definition) is 1. The first-order valence-corrected chi connectivity index (χ1v) is 8.70. The summed E-state index contributed by atoms with van der Waals surface area (Å²) < 4.78 is 5.40. The molecule has 0 fully saturated rings. The van der Waals surface area contributed by atoms with Gasteiger partial charge in [0.1, 0.15) is 5.75 Å². The fourth-order valence-corrected chi connectivity index (χ4v) is 2.95. The van der Waals surface area contributed by atoms with Crippen molar-refractivity contribution in [2.75, 3.05) is 26.5 Å². The number of hydrogen-bond acceptors (Lipinski definition) is 4. The topological polar surface area (TPSA) is 37.4 Å². The van der Waals surface area contributed by atoms with Gasteiger partial charge in [0, 0.05) is 31.2 Å². The van der Waals surface area contributed by atoms with Gasteiger partial charge >= 0.3 is 0 Å². The molecule has 1 N–H and O–H groups in total. The SMILES string of the molecule is COc1ccc(-c2cccc(NCc3cccnc3)c2)c(CN(C)C)c1. The first kappa shape index (κ1) is 18.0. The average molecular weight is 347 g/mol. The van der Waals surface area contributed by atoms with Crippen LogP contribution in [0.25, 0.3) is 11.1 Å². The van der Waals surface area contributed by atoms with E-state index in [0.717, 1.165) is 30.1 Å². The van der Waals surface area contributed by atoms with Gasteiger partial charge in [-0.25, -0.2) is 0 Å². The van der Waals surface area contributed by atoms with E-state index in [1.54, 1.807) is 13.3 Å². The zero-order valence-corrected chi connectivity index (χ0v) is 15.6. The number of aromatic nitrogens is 1. The predicted molar refractivity (Wildman–Crippen MR) is 107 cm³/mol. The second-order valence-electron chi connectivity index (χ2n) is 6.56. The predicted octanol–water partition coefficient (Wildman–Crippen LogP) is 4.43. The second kappa shape index (κ2) is 8.50. The highest BCUT2D eigenvalue weighted by Crippen LogP contribution is 2.30. The van der Waals surface area contributed by atoms with Crippen molar-refractivity contribution < 1.29 is 4.74 Å². The highest BCUT2D eigenvalue weighted by atomic mass is 16.5. The Balaban J connectivity index is 1.85. The van der Waals surface area contributed by atoms with Crippen LogP contribution in [0.1, 0.15) is 11.1 Å². The monoisotopic (exact) mass is 347 g/mol. The highest BCUT2D eigenvalue weighted by Gasteiger charge is 2.09. The molecule has 0 aliphatic rings.